The fourth-order valence-corrected chi connectivity index (χ4v) is 0.880. The van der Waals surface area contributed by atoms with Crippen molar-refractivity contribution in [1.29, 1.82) is 0 Å². The summed E-state index contributed by atoms with van der Waals surface area (Å²) in [5.74, 6) is 0. The monoisotopic (exact) mass is 250 g/mol. The van der Waals surface area contributed by atoms with Gasteiger partial charge in [0, 0.05) is 0 Å². The van der Waals surface area contributed by atoms with Gasteiger partial charge in [0.15, 0.2) is 6.29 Å². The maximum atomic E-state index is 8.93. The average Bonchev–Trinajstić information content (AvgIpc) is 2.29. The zero-order valence-corrected chi connectivity index (χ0v) is 8.31. The van der Waals surface area contributed by atoms with E-state index >= 15 is 0 Å². The first-order valence-corrected chi connectivity index (χ1v) is 5.32. The number of hydrogen-bond acceptors (Lipinski definition) is 6. The molecule has 0 saturated carbocycles. The second kappa shape index (κ2) is 5.85. The molecule has 7 N–H and O–H groups in total. The second-order valence-electron chi connectivity index (χ2n) is 2.74. The largest absolute Gasteiger partial charge is 1.00 e. The number of ether oxygens (including phenoxy) is 1. The van der Waals surface area contributed by atoms with E-state index in [0.29, 0.717) is 0 Å². The van der Waals surface area contributed by atoms with Crippen LogP contribution >= 0.6 is 7.82 Å². The molecule has 10 heteroatoms. The van der Waals surface area contributed by atoms with Crippen LogP contribution in [0, 0.1) is 0 Å². The van der Waals surface area contributed by atoms with E-state index in [1.165, 1.54) is 0 Å². The molecular formula is C5H15O9P+2. The minimum absolute atomic E-state index is 0. The van der Waals surface area contributed by atoms with Gasteiger partial charge in [-0.1, -0.05) is 0 Å². The predicted molar refractivity (Wildman–Crippen MR) is 46.5 cm³/mol. The third-order valence-corrected chi connectivity index (χ3v) is 1.52. The molecule has 4 atom stereocenters. The second-order valence-corrected chi connectivity index (χ2v) is 3.77. The van der Waals surface area contributed by atoms with Gasteiger partial charge in [-0.2, -0.15) is 0 Å². The first-order chi connectivity index (χ1) is 6.66. The Morgan fingerprint density at radius 1 is 1.13 bits per heavy atom. The van der Waals surface area contributed by atoms with Gasteiger partial charge in [0.25, 0.3) is 0 Å². The molecule has 0 aromatic carbocycles. The van der Waals surface area contributed by atoms with Crippen molar-refractivity contribution < 1.29 is 47.3 Å². The smallest absolute Gasteiger partial charge is 0.394 e. The molecule has 0 spiro atoms. The lowest BCUT2D eigenvalue weighted by Crippen LogP contribution is -2.33. The van der Waals surface area contributed by atoms with E-state index in [2.05, 4.69) is 4.74 Å². The van der Waals surface area contributed by atoms with E-state index in [-0.39, 0.29) is 2.85 Å². The number of rotatable bonds is 1. The third kappa shape index (κ3) is 6.15. The molecule has 15 heavy (non-hydrogen) atoms. The Morgan fingerprint density at radius 3 is 1.67 bits per heavy atom. The van der Waals surface area contributed by atoms with Crippen LogP contribution in [0.5, 0.6) is 0 Å². The van der Waals surface area contributed by atoms with E-state index < -0.39 is 39.0 Å². The SMILES string of the molecule is O=P(O)(O)O.OC[C@H]1OC(O)[C@H](O)[C@@H]1O.[H+].[H+]. The van der Waals surface area contributed by atoms with Crippen LogP contribution in [0.2, 0.25) is 0 Å². The molecule has 9 nitrogen and oxygen atoms in total. The van der Waals surface area contributed by atoms with Crippen molar-refractivity contribution in [2.75, 3.05) is 6.61 Å². The molecule has 1 saturated heterocycles. The summed E-state index contributed by atoms with van der Waals surface area (Å²) in [7, 11) is -4.64. The van der Waals surface area contributed by atoms with Crippen LogP contribution in [0.4, 0.5) is 0 Å². The summed E-state index contributed by atoms with van der Waals surface area (Å²) < 4.78 is 13.4. The van der Waals surface area contributed by atoms with Crippen LogP contribution in [-0.2, 0) is 9.30 Å². The zero-order chi connectivity index (χ0) is 12.2. The van der Waals surface area contributed by atoms with Crippen LogP contribution < -0.4 is 0 Å². The fraction of sp³-hybridized carbons (Fsp3) is 1.00. The first-order valence-electron chi connectivity index (χ1n) is 3.75. The molecule has 0 bridgehead atoms. The molecule has 1 aliphatic rings. The third-order valence-electron chi connectivity index (χ3n) is 1.52. The Labute approximate surface area is 87.4 Å². The number of phosphoric acid groups is 1. The Kier molecular flexibility index (Phi) is 5.81. The summed E-state index contributed by atoms with van der Waals surface area (Å²) in [6, 6.07) is 0. The van der Waals surface area contributed by atoms with Gasteiger partial charge < -0.3 is 39.8 Å². The maximum absolute atomic E-state index is 8.93. The van der Waals surface area contributed by atoms with Crippen molar-refractivity contribution in [3.63, 3.8) is 0 Å². The lowest BCUT2D eigenvalue weighted by atomic mass is 10.1. The Balaban J connectivity index is -0.000000247. The highest BCUT2D eigenvalue weighted by atomic mass is 31.2. The first kappa shape index (κ1) is 14.9. The van der Waals surface area contributed by atoms with Crippen molar-refractivity contribution in [2.45, 2.75) is 24.6 Å². The highest BCUT2D eigenvalue weighted by Gasteiger charge is 2.41. The van der Waals surface area contributed by atoms with Gasteiger partial charge in [-0.05, 0) is 0 Å². The van der Waals surface area contributed by atoms with E-state index in [4.69, 9.17) is 39.7 Å². The van der Waals surface area contributed by atoms with Crippen LogP contribution in [0.15, 0.2) is 0 Å². The van der Waals surface area contributed by atoms with Crippen LogP contribution in [0.1, 0.15) is 2.85 Å². The fourth-order valence-electron chi connectivity index (χ4n) is 0.880. The molecule has 0 aliphatic carbocycles. The molecule has 0 amide bonds. The van der Waals surface area contributed by atoms with Gasteiger partial charge in [-0.3, -0.25) is 0 Å². The molecule has 0 radical (unpaired) electrons. The maximum Gasteiger partial charge on any atom is 1.00 e. The quantitative estimate of drug-likeness (QED) is 0.236. The molecule has 1 unspecified atom stereocenters. The van der Waals surface area contributed by atoms with Crippen molar-refractivity contribution in [1.82, 2.24) is 0 Å². The van der Waals surface area contributed by atoms with Gasteiger partial charge in [0.1, 0.15) is 18.3 Å². The van der Waals surface area contributed by atoms with E-state index in [9.17, 15) is 0 Å². The molecule has 0 aromatic rings. The van der Waals surface area contributed by atoms with Crippen LogP contribution in [0.25, 0.3) is 0 Å². The Morgan fingerprint density at radius 2 is 1.53 bits per heavy atom. The van der Waals surface area contributed by atoms with Crippen molar-refractivity contribution in [3.05, 3.63) is 0 Å². The van der Waals surface area contributed by atoms with Crippen LogP contribution in [0.3, 0.4) is 0 Å². The summed E-state index contributed by atoms with van der Waals surface area (Å²) in [5.41, 5.74) is 0. The summed E-state index contributed by atoms with van der Waals surface area (Å²) >= 11 is 0. The molecule has 1 heterocycles. The van der Waals surface area contributed by atoms with Gasteiger partial charge in [-0.25, -0.2) is 4.57 Å². The highest BCUT2D eigenvalue weighted by molar-refractivity contribution is 7.45. The minimum atomic E-state index is -4.64. The zero-order valence-electron chi connectivity index (χ0n) is 9.41. The lowest BCUT2D eigenvalue weighted by Gasteiger charge is -2.09. The highest BCUT2D eigenvalue weighted by Crippen LogP contribution is 2.25. The normalized spacial score (nSPS) is 35.9. The van der Waals surface area contributed by atoms with Crippen molar-refractivity contribution >= 4 is 7.82 Å². The summed E-state index contributed by atoms with van der Waals surface area (Å²) in [4.78, 5) is 21.6. The number of aliphatic hydroxyl groups is 4. The Hall–Kier alpha value is -0.0900. The Bertz CT molecular complexity index is 227. The van der Waals surface area contributed by atoms with Crippen molar-refractivity contribution in [2.24, 2.45) is 0 Å². The average molecular weight is 250 g/mol. The number of hydrogen-bond donors (Lipinski definition) is 7. The summed E-state index contributed by atoms with van der Waals surface area (Å²) in [6.07, 6.45) is -4.76. The molecule has 1 rings (SSSR count). The van der Waals surface area contributed by atoms with Crippen LogP contribution in [-0.4, -0.2) is 66.3 Å². The van der Waals surface area contributed by atoms with Crippen molar-refractivity contribution in [3.8, 4) is 0 Å². The molecule has 0 aromatic heterocycles. The van der Waals surface area contributed by atoms with Gasteiger partial charge >= 0.3 is 10.7 Å². The number of aliphatic hydroxyl groups excluding tert-OH is 4. The lowest BCUT2D eigenvalue weighted by molar-refractivity contribution is -0.132. The summed E-state index contributed by atoms with van der Waals surface area (Å²) in [6.45, 7) is -0.407. The molecular weight excluding hydrogens is 235 g/mol. The molecule has 1 fully saturated rings. The molecule has 92 valence electrons. The van der Waals surface area contributed by atoms with Gasteiger partial charge in [-0.15, -0.1) is 0 Å². The predicted octanol–water partition coefficient (Wildman–Crippen LogP) is -3.29. The van der Waals surface area contributed by atoms with E-state index in [1.807, 2.05) is 0 Å². The molecule has 1 aliphatic heterocycles. The topological polar surface area (TPSA) is 168 Å². The van der Waals surface area contributed by atoms with E-state index in [1.54, 1.807) is 0 Å². The standard InChI is InChI=1S/C5H10O5.H3O4P/c6-1-2-3(7)4(8)5(9)10-2;1-5(2,3)4/h2-9H,1H2;(H3,1,2,3,4)/p+2/t2-,3-,4-,5?;/m1./s1. The minimum Gasteiger partial charge on any atom is -0.394 e. The summed E-state index contributed by atoms with van der Waals surface area (Å²) in [5, 5.41) is 35.0. The van der Waals surface area contributed by atoms with Gasteiger partial charge in [0.05, 0.1) is 6.61 Å². The van der Waals surface area contributed by atoms with Gasteiger partial charge in [0.2, 0.25) is 0 Å². The van der Waals surface area contributed by atoms with E-state index in [0.717, 1.165) is 0 Å².